The molecule has 2 aromatic heterocycles. The van der Waals surface area contributed by atoms with Crippen molar-refractivity contribution in [3.63, 3.8) is 0 Å². The van der Waals surface area contributed by atoms with Crippen LogP contribution in [0, 0.1) is 12.8 Å². The average molecular weight is 260 g/mol. The highest BCUT2D eigenvalue weighted by Gasteiger charge is 2.25. The van der Waals surface area contributed by atoms with Crippen molar-refractivity contribution in [3.05, 3.63) is 18.2 Å². The summed E-state index contributed by atoms with van der Waals surface area (Å²) in [6.07, 6.45) is 8.78. The van der Waals surface area contributed by atoms with Crippen molar-refractivity contribution in [2.75, 3.05) is 11.9 Å². The minimum atomic E-state index is 0.276. The lowest BCUT2D eigenvalue weighted by Crippen LogP contribution is -2.35. The molecule has 1 atom stereocenters. The van der Waals surface area contributed by atoms with Crippen molar-refractivity contribution in [1.82, 2.24) is 19.6 Å². The Balaban J connectivity index is 1.87. The molecule has 1 fully saturated rings. The van der Waals surface area contributed by atoms with Gasteiger partial charge in [0.15, 0.2) is 5.82 Å². The van der Waals surface area contributed by atoms with Gasteiger partial charge in [-0.25, -0.2) is 4.98 Å². The highest BCUT2D eigenvalue weighted by Crippen LogP contribution is 2.29. The van der Waals surface area contributed by atoms with E-state index in [4.69, 9.17) is 5.73 Å². The molecule has 1 saturated carbocycles. The highest BCUT2D eigenvalue weighted by atomic mass is 15.3. The van der Waals surface area contributed by atoms with Gasteiger partial charge in [0.05, 0.1) is 0 Å². The second-order valence-corrected chi connectivity index (χ2v) is 5.25. The van der Waals surface area contributed by atoms with E-state index in [1.807, 2.05) is 17.5 Å². The van der Waals surface area contributed by atoms with Gasteiger partial charge in [-0.1, -0.05) is 12.8 Å². The third-order valence-corrected chi connectivity index (χ3v) is 4.04. The van der Waals surface area contributed by atoms with E-state index in [0.29, 0.717) is 12.5 Å². The van der Waals surface area contributed by atoms with Gasteiger partial charge < -0.3 is 11.1 Å². The third kappa shape index (κ3) is 2.28. The van der Waals surface area contributed by atoms with Crippen LogP contribution in [0.25, 0.3) is 5.65 Å². The van der Waals surface area contributed by atoms with Crippen molar-refractivity contribution in [3.8, 4) is 0 Å². The first-order valence-corrected chi connectivity index (χ1v) is 6.92. The molecule has 2 heterocycles. The van der Waals surface area contributed by atoms with Crippen LogP contribution in [0.5, 0.6) is 0 Å². The maximum atomic E-state index is 5.92. The Morgan fingerprint density at radius 2 is 2.21 bits per heavy atom. The first kappa shape index (κ1) is 12.3. The van der Waals surface area contributed by atoms with E-state index >= 15 is 0 Å². The summed E-state index contributed by atoms with van der Waals surface area (Å²) in [5, 5.41) is 11.7. The second kappa shape index (κ2) is 5.13. The maximum Gasteiger partial charge on any atom is 0.203 e. The number of hydrogen-bond donors (Lipinski definition) is 2. The Bertz CT molecular complexity index is 557. The van der Waals surface area contributed by atoms with Gasteiger partial charge in [-0.3, -0.25) is 4.40 Å². The summed E-state index contributed by atoms with van der Waals surface area (Å²) in [6.45, 7) is 2.56. The van der Waals surface area contributed by atoms with E-state index in [0.717, 1.165) is 17.3 Å². The first-order chi connectivity index (χ1) is 9.29. The van der Waals surface area contributed by atoms with E-state index < -0.39 is 0 Å². The molecule has 3 rings (SSSR count). The van der Waals surface area contributed by atoms with Gasteiger partial charge in [0.25, 0.3) is 0 Å². The van der Waals surface area contributed by atoms with Crippen LogP contribution in [0.15, 0.2) is 12.4 Å². The lowest BCUT2D eigenvalue weighted by molar-refractivity contribution is 0.461. The van der Waals surface area contributed by atoms with Gasteiger partial charge in [0.1, 0.15) is 5.82 Å². The number of rotatable bonds is 4. The predicted molar refractivity (Wildman–Crippen MR) is 73.9 cm³/mol. The second-order valence-electron chi connectivity index (χ2n) is 5.25. The molecule has 1 aliphatic rings. The Labute approximate surface area is 112 Å². The molecule has 0 spiro atoms. The van der Waals surface area contributed by atoms with Crippen LogP contribution in [0.2, 0.25) is 0 Å². The molecular weight excluding hydrogens is 240 g/mol. The summed E-state index contributed by atoms with van der Waals surface area (Å²) in [7, 11) is 0. The highest BCUT2D eigenvalue weighted by molar-refractivity contribution is 5.62. The summed E-state index contributed by atoms with van der Waals surface area (Å²) < 4.78 is 1.94. The molecule has 6 heteroatoms. The van der Waals surface area contributed by atoms with Gasteiger partial charge in [-0.15, -0.1) is 10.2 Å². The Kier molecular flexibility index (Phi) is 3.33. The monoisotopic (exact) mass is 260 g/mol. The van der Waals surface area contributed by atoms with Crippen molar-refractivity contribution in [2.24, 2.45) is 11.7 Å². The molecule has 0 aliphatic heterocycles. The molecule has 0 aromatic carbocycles. The van der Waals surface area contributed by atoms with Crippen molar-refractivity contribution >= 4 is 11.5 Å². The number of nitrogens with two attached hydrogens (primary N) is 1. The zero-order chi connectivity index (χ0) is 13.2. The molecule has 19 heavy (non-hydrogen) atoms. The molecule has 102 valence electrons. The first-order valence-electron chi connectivity index (χ1n) is 6.92. The van der Waals surface area contributed by atoms with E-state index in [1.54, 1.807) is 6.20 Å². The minimum Gasteiger partial charge on any atom is -0.363 e. The molecular formula is C13H20N6. The zero-order valence-electron chi connectivity index (χ0n) is 11.2. The summed E-state index contributed by atoms with van der Waals surface area (Å²) in [4.78, 5) is 4.39. The fourth-order valence-electron chi connectivity index (χ4n) is 2.95. The largest absolute Gasteiger partial charge is 0.363 e. The van der Waals surface area contributed by atoms with Gasteiger partial charge in [0, 0.05) is 25.0 Å². The van der Waals surface area contributed by atoms with E-state index in [9.17, 15) is 0 Å². The quantitative estimate of drug-likeness (QED) is 0.867. The molecule has 2 aromatic rings. The maximum absolute atomic E-state index is 5.92. The van der Waals surface area contributed by atoms with E-state index in [1.165, 1.54) is 25.7 Å². The minimum absolute atomic E-state index is 0.276. The number of aryl methyl sites for hydroxylation is 1. The molecule has 3 N–H and O–H groups in total. The zero-order valence-corrected chi connectivity index (χ0v) is 11.2. The molecule has 0 saturated heterocycles. The average Bonchev–Trinajstić information content (AvgIpc) is 3.07. The molecule has 1 aliphatic carbocycles. The van der Waals surface area contributed by atoms with Crippen molar-refractivity contribution in [1.29, 1.82) is 0 Å². The summed E-state index contributed by atoms with van der Waals surface area (Å²) in [5.41, 5.74) is 6.69. The molecule has 0 radical (unpaired) electrons. The summed E-state index contributed by atoms with van der Waals surface area (Å²) >= 11 is 0. The van der Waals surface area contributed by atoms with E-state index in [-0.39, 0.29) is 6.04 Å². The van der Waals surface area contributed by atoms with Crippen LogP contribution in [-0.4, -0.2) is 32.2 Å². The van der Waals surface area contributed by atoms with Gasteiger partial charge in [-0.2, -0.15) is 0 Å². The van der Waals surface area contributed by atoms with Crippen molar-refractivity contribution < 1.29 is 0 Å². The number of aromatic nitrogens is 4. The predicted octanol–water partition coefficient (Wildman–Crippen LogP) is 1.36. The number of hydrogen-bond acceptors (Lipinski definition) is 5. The third-order valence-electron chi connectivity index (χ3n) is 4.04. The van der Waals surface area contributed by atoms with Crippen LogP contribution in [0.4, 0.5) is 5.82 Å². The molecule has 0 amide bonds. The Morgan fingerprint density at radius 1 is 1.42 bits per heavy atom. The number of anilines is 1. The molecule has 0 bridgehead atoms. The normalized spacial score (nSPS) is 18.0. The number of fused-ring (bicyclic) bond motifs is 1. The van der Waals surface area contributed by atoms with Crippen molar-refractivity contribution in [2.45, 2.75) is 38.6 Å². The van der Waals surface area contributed by atoms with Crippen LogP contribution in [0.1, 0.15) is 31.5 Å². The standard InChI is InChI=1S/C13H20N6/c1-9-17-18-13-12(15-6-7-19(9)13)16-11(8-14)10-4-2-3-5-10/h6-7,10-11H,2-5,8,14H2,1H3,(H,15,16). The lowest BCUT2D eigenvalue weighted by Gasteiger charge is -2.23. The van der Waals surface area contributed by atoms with Gasteiger partial charge >= 0.3 is 0 Å². The Hall–Kier alpha value is -1.69. The smallest absolute Gasteiger partial charge is 0.203 e. The van der Waals surface area contributed by atoms with E-state index in [2.05, 4.69) is 20.5 Å². The number of nitrogens with one attached hydrogen (secondary N) is 1. The SMILES string of the molecule is Cc1nnc2c(NC(CN)C3CCCC3)nccn12. The topological polar surface area (TPSA) is 81.1 Å². The molecule has 6 nitrogen and oxygen atoms in total. The lowest BCUT2D eigenvalue weighted by atomic mass is 9.98. The van der Waals surface area contributed by atoms with Crippen LogP contribution in [0.3, 0.4) is 0 Å². The summed E-state index contributed by atoms with van der Waals surface area (Å²) in [6, 6.07) is 0.276. The fourth-order valence-corrected chi connectivity index (χ4v) is 2.95. The van der Waals surface area contributed by atoms with Crippen LogP contribution >= 0.6 is 0 Å². The fraction of sp³-hybridized carbons (Fsp3) is 0.615. The van der Waals surface area contributed by atoms with Crippen LogP contribution < -0.4 is 11.1 Å². The van der Waals surface area contributed by atoms with Crippen LogP contribution in [-0.2, 0) is 0 Å². The number of nitrogens with zero attached hydrogens (tertiary/aromatic N) is 4. The molecule has 1 unspecified atom stereocenters. The summed E-state index contributed by atoms with van der Waals surface area (Å²) in [5.74, 6) is 2.30. The van der Waals surface area contributed by atoms with Gasteiger partial charge in [-0.05, 0) is 25.7 Å². The Morgan fingerprint density at radius 3 is 2.95 bits per heavy atom. The van der Waals surface area contributed by atoms with Gasteiger partial charge in [0.2, 0.25) is 5.65 Å².